The average Bonchev–Trinajstić information content (AvgIpc) is 2.70. The molecular weight excluding hydrogens is 248 g/mol. The Morgan fingerprint density at radius 1 is 1.11 bits per heavy atom. The Bertz CT molecular complexity index is 778. The summed E-state index contributed by atoms with van der Waals surface area (Å²) in [5.41, 5.74) is 8.63. The number of benzene rings is 1. The Morgan fingerprint density at radius 2 is 1.89 bits per heavy atom. The van der Waals surface area contributed by atoms with Gasteiger partial charge >= 0.3 is 0 Å². The highest BCUT2D eigenvalue weighted by atomic mass is 19.2. The molecule has 0 bridgehead atoms. The van der Waals surface area contributed by atoms with Gasteiger partial charge < -0.3 is 5.73 Å². The molecule has 0 aliphatic rings. The van der Waals surface area contributed by atoms with Gasteiger partial charge in [0.2, 0.25) is 0 Å². The zero-order valence-corrected chi connectivity index (χ0v) is 10.2. The zero-order chi connectivity index (χ0) is 13.6. The zero-order valence-electron chi connectivity index (χ0n) is 10.2. The molecule has 0 saturated carbocycles. The van der Waals surface area contributed by atoms with Gasteiger partial charge in [0, 0.05) is 11.8 Å². The summed E-state index contributed by atoms with van der Waals surface area (Å²) >= 11 is 0. The van der Waals surface area contributed by atoms with Crippen molar-refractivity contribution in [2.24, 2.45) is 0 Å². The largest absolute Gasteiger partial charge is 0.383 e. The van der Waals surface area contributed by atoms with Gasteiger partial charge in [0.1, 0.15) is 17.2 Å². The summed E-state index contributed by atoms with van der Waals surface area (Å²) in [5.74, 6) is -1.40. The standard InChI is InChI=1S/C14H11F2N3/c1-8-4-5-19-12(6-8)18-13(14(19)17)9-2-3-10(15)11(16)7-9/h2-7H,17H2,1H3. The highest BCUT2D eigenvalue weighted by Crippen LogP contribution is 2.27. The lowest BCUT2D eigenvalue weighted by Crippen LogP contribution is -1.94. The molecule has 0 radical (unpaired) electrons. The van der Waals surface area contributed by atoms with Crippen LogP contribution in [0.4, 0.5) is 14.6 Å². The first-order valence-electron chi connectivity index (χ1n) is 5.76. The lowest BCUT2D eigenvalue weighted by Gasteiger charge is -2.00. The Labute approximate surface area is 108 Å². The van der Waals surface area contributed by atoms with Crippen molar-refractivity contribution in [2.45, 2.75) is 6.92 Å². The van der Waals surface area contributed by atoms with Crippen molar-refractivity contribution in [1.82, 2.24) is 9.38 Å². The summed E-state index contributed by atoms with van der Waals surface area (Å²) in [5, 5.41) is 0. The second kappa shape index (κ2) is 4.05. The van der Waals surface area contributed by atoms with Crippen LogP contribution in [0.5, 0.6) is 0 Å². The molecule has 3 aromatic rings. The molecule has 2 N–H and O–H groups in total. The molecule has 5 heteroatoms. The quantitative estimate of drug-likeness (QED) is 0.729. The first-order chi connectivity index (χ1) is 9.06. The van der Waals surface area contributed by atoms with Crippen LogP contribution in [0.15, 0.2) is 36.5 Å². The number of nitrogens with two attached hydrogens (primary N) is 1. The van der Waals surface area contributed by atoms with Gasteiger partial charge in [-0.1, -0.05) is 0 Å². The van der Waals surface area contributed by atoms with E-state index in [1.807, 2.05) is 19.1 Å². The maximum atomic E-state index is 13.3. The first kappa shape index (κ1) is 11.6. The Kier molecular flexibility index (Phi) is 2.48. The molecule has 0 unspecified atom stereocenters. The van der Waals surface area contributed by atoms with Gasteiger partial charge in [0.25, 0.3) is 0 Å². The van der Waals surface area contributed by atoms with E-state index in [1.54, 1.807) is 10.6 Å². The SMILES string of the molecule is Cc1ccn2c(N)c(-c3ccc(F)c(F)c3)nc2c1. The lowest BCUT2D eigenvalue weighted by molar-refractivity contribution is 0.509. The van der Waals surface area contributed by atoms with Crippen LogP contribution < -0.4 is 5.73 Å². The number of nitrogens with zero attached hydrogens (tertiary/aromatic N) is 2. The molecule has 0 aliphatic carbocycles. The molecule has 96 valence electrons. The highest BCUT2D eigenvalue weighted by molar-refractivity contribution is 5.75. The van der Waals surface area contributed by atoms with E-state index in [1.165, 1.54) is 6.07 Å². The van der Waals surface area contributed by atoms with Crippen molar-refractivity contribution in [3.63, 3.8) is 0 Å². The van der Waals surface area contributed by atoms with Gasteiger partial charge in [0.05, 0.1) is 0 Å². The van der Waals surface area contributed by atoms with Crippen molar-refractivity contribution in [3.8, 4) is 11.3 Å². The number of rotatable bonds is 1. The minimum absolute atomic E-state index is 0.404. The Morgan fingerprint density at radius 3 is 2.63 bits per heavy atom. The molecular formula is C14H11F2N3. The van der Waals surface area contributed by atoms with Crippen molar-refractivity contribution in [2.75, 3.05) is 5.73 Å². The molecule has 3 nitrogen and oxygen atoms in total. The Hall–Kier alpha value is -2.43. The van der Waals surface area contributed by atoms with E-state index in [2.05, 4.69) is 4.98 Å². The van der Waals surface area contributed by atoms with E-state index in [9.17, 15) is 8.78 Å². The Balaban J connectivity index is 2.24. The summed E-state index contributed by atoms with van der Waals surface area (Å²) in [6.07, 6.45) is 1.80. The third kappa shape index (κ3) is 1.83. The fourth-order valence-corrected chi connectivity index (χ4v) is 2.02. The van der Waals surface area contributed by atoms with Crippen molar-refractivity contribution < 1.29 is 8.78 Å². The van der Waals surface area contributed by atoms with Crippen molar-refractivity contribution in [1.29, 1.82) is 0 Å². The summed E-state index contributed by atoms with van der Waals surface area (Å²) in [7, 11) is 0. The fourth-order valence-electron chi connectivity index (χ4n) is 2.02. The highest BCUT2D eigenvalue weighted by Gasteiger charge is 2.13. The van der Waals surface area contributed by atoms with Gasteiger partial charge in [0.15, 0.2) is 11.6 Å². The molecule has 0 atom stereocenters. The maximum Gasteiger partial charge on any atom is 0.159 e. The predicted molar refractivity (Wildman–Crippen MR) is 69.7 cm³/mol. The number of hydrogen-bond acceptors (Lipinski definition) is 2. The minimum Gasteiger partial charge on any atom is -0.383 e. The summed E-state index contributed by atoms with van der Waals surface area (Å²) in [6.45, 7) is 1.95. The van der Waals surface area contributed by atoms with E-state index in [4.69, 9.17) is 5.73 Å². The summed E-state index contributed by atoms with van der Waals surface area (Å²) in [6, 6.07) is 7.41. The van der Waals surface area contributed by atoms with Crippen LogP contribution in [-0.2, 0) is 0 Å². The fraction of sp³-hybridized carbons (Fsp3) is 0.0714. The monoisotopic (exact) mass is 259 g/mol. The van der Waals surface area contributed by atoms with Crippen molar-refractivity contribution in [3.05, 3.63) is 53.7 Å². The number of aromatic nitrogens is 2. The van der Waals surface area contributed by atoms with Gasteiger partial charge in [-0.3, -0.25) is 4.40 Å². The van der Waals surface area contributed by atoms with E-state index in [0.717, 1.165) is 17.7 Å². The number of halogens is 2. The minimum atomic E-state index is -0.912. The maximum absolute atomic E-state index is 13.3. The number of aryl methyl sites for hydroxylation is 1. The average molecular weight is 259 g/mol. The van der Waals surface area contributed by atoms with E-state index < -0.39 is 11.6 Å². The van der Waals surface area contributed by atoms with Gasteiger partial charge in [-0.25, -0.2) is 13.8 Å². The number of anilines is 1. The van der Waals surface area contributed by atoms with Crippen LogP contribution in [0.3, 0.4) is 0 Å². The number of hydrogen-bond donors (Lipinski definition) is 1. The molecule has 3 rings (SSSR count). The lowest BCUT2D eigenvalue weighted by atomic mass is 10.1. The smallest absolute Gasteiger partial charge is 0.159 e. The number of pyridine rings is 1. The van der Waals surface area contributed by atoms with E-state index in [0.29, 0.717) is 22.7 Å². The number of nitrogen functional groups attached to an aromatic ring is 1. The van der Waals surface area contributed by atoms with Gasteiger partial charge in [-0.2, -0.15) is 0 Å². The third-order valence-corrected chi connectivity index (χ3v) is 3.01. The molecule has 0 spiro atoms. The van der Waals surface area contributed by atoms with Crippen LogP contribution in [-0.4, -0.2) is 9.38 Å². The van der Waals surface area contributed by atoms with E-state index >= 15 is 0 Å². The summed E-state index contributed by atoms with van der Waals surface area (Å²) in [4.78, 5) is 4.36. The molecule has 0 saturated heterocycles. The first-order valence-corrected chi connectivity index (χ1v) is 5.76. The second-order valence-corrected chi connectivity index (χ2v) is 4.41. The van der Waals surface area contributed by atoms with Gasteiger partial charge in [-0.15, -0.1) is 0 Å². The molecule has 2 heterocycles. The number of imidazole rings is 1. The molecule has 1 aromatic carbocycles. The second-order valence-electron chi connectivity index (χ2n) is 4.41. The topological polar surface area (TPSA) is 43.3 Å². The number of fused-ring (bicyclic) bond motifs is 1. The molecule has 19 heavy (non-hydrogen) atoms. The summed E-state index contributed by atoms with van der Waals surface area (Å²) < 4.78 is 27.9. The predicted octanol–water partition coefficient (Wildman–Crippen LogP) is 3.17. The van der Waals surface area contributed by atoms with Crippen LogP contribution >= 0.6 is 0 Å². The van der Waals surface area contributed by atoms with Gasteiger partial charge in [-0.05, 0) is 42.8 Å². The normalized spacial score (nSPS) is 11.1. The van der Waals surface area contributed by atoms with Crippen LogP contribution in [0.25, 0.3) is 16.9 Å². The molecule has 0 fully saturated rings. The molecule has 0 amide bonds. The van der Waals surface area contributed by atoms with Crippen LogP contribution in [0.2, 0.25) is 0 Å². The third-order valence-electron chi connectivity index (χ3n) is 3.01. The van der Waals surface area contributed by atoms with E-state index in [-0.39, 0.29) is 0 Å². The van der Waals surface area contributed by atoms with Crippen LogP contribution in [0, 0.1) is 18.6 Å². The molecule has 0 aliphatic heterocycles. The van der Waals surface area contributed by atoms with Crippen LogP contribution in [0.1, 0.15) is 5.56 Å². The molecule has 2 aromatic heterocycles. The van der Waals surface area contributed by atoms with Crippen molar-refractivity contribution >= 4 is 11.5 Å².